The molecule has 0 aliphatic heterocycles. The molecule has 0 amide bonds. The maximum Gasteiger partial charge on any atom is 1.00 e. The maximum absolute atomic E-state index is 11.9. The van der Waals surface area contributed by atoms with E-state index in [9.17, 15) is 48.8 Å². The van der Waals surface area contributed by atoms with Gasteiger partial charge in [-0.1, -0.05) is 36.4 Å². The first-order chi connectivity index (χ1) is 23.4. The summed E-state index contributed by atoms with van der Waals surface area (Å²) in [5, 5.41) is 17.5. The molecule has 5 aromatic carbocycles. The first kappa shape index (κ1) is 50.4. The van der Waals surface area contributed by atoms with Gasteiger partial charge in [0.2, 0.25) is 11.9 Å². The average Bonchev–Trinajstić information content (AvgIpc) is 3.02. The van der Waals surface area contributed by atoms with Crippen LogP contribution in [0.4, 0.5) is 23.3 Å². The van der Waals surface area contributed by atoms with E-state index < -0.39 is 51.0 Å². The molecular weight excluding hydrogens is 749 g/mol. The van der Waals surface area contributed by atoms with Gasteiger partial charge >= 0.3 is 94.3 Å². The topological polar surface area (TPSA) is 274 Å². The van der Waals surface area contributed by atoms with Crippen LogP contribution in [0.15, 0.2) is 99.6 Å². The van der Waals surface area contributed by atoms with E-state index in [4.69, 9.17) is 0 Å². The molecule has 0 saturated heterocycles. The smallest absolute Gasteiger partial charge is 0.754 e. The van der Waals surface area contributed by atoms with Gasteiger partial charge in [0.1, 0.15) is 26.1 Å². The van der Waals surface area contributed by atoms with Gasteiger partial charge in [-0.25, -0.2) is 16.8 Å². The molecule has 0 aliphatic rings. The third-order valence-electron chi connectivity index (χ3n) is 7.20. The monoisotopic (exact) mass is 767 g/mol. The number of fused-ring (bicyclic) bond motifs is 2. The molecule has 1 aromatic heterocycles. The Bertz CT molecular complexity index is 2730. The molecular formula is C31H18Li5N5O11S3. The van der Waals surface area contributed by atoms with Crippen LogP contribution in [-0.2, 0) is 36.8 Å². The Labute approximate surface area is 375 Å². The molecule has 0 radical (unpaired) electrons. The van der Waals surface area contributed by atoms with Crippen molar-refractivity contribution in [3.8, 4) is 0 Å². The summed E-state index contributed by atoms with van der Waals surface area (Å²) in [6.07, 6.45) is -0.00242. The number of nitrogens with zero attached hydrogens (tertiary/aromatic N) is 3. The second-order valence-electron chi connectivity index (χ2n) is 10.7. The number of benzene rings is 5. The summed E-state index contributed by atoms with van der Waals surface area (Å²) in [6, 6.07) is 20.7. The summed E-state index contributed by atoms with van der Waals surface area (Å²) in [6.45, 7) is 0. The molecule has 0 bridgehead atoms. The van der Waals surface area contributed by atoms with E-state index in [1.54, 1.807) is 6.07 Å². The van der Waals surface area contributed by atoms with Crippen molar-refractivity contribution in [2.45, 2.75) is 21.1 Å². The van der Waals surface area contributed by atoms with Crippen molar-refractivity contribution in [1.29, 1.82) is 0 Å². The normalized spacial score (nSPS) is 11.1. The number of anilines is 4. The minimum Gasteiger partial charge on any atom is -0.754 e. The predicted octanol–water partition coefficient (Wildman–Crippen LogP) is -12.8. The predicted molar refractivity (Wildman–Crippen MR) is 171 cm³/mol. The van der Waals surface area contributed by atoms with Crippen molar-refractivity contribution in [1.82, 2.24) is 15.0 Å². The first-order valence-corrected chi connectivity index (χ1v) is 18.2. The SMILES string of the molecule is O=C([O-])c1cccc(Cc2nc(Nc3ccc4c(S(=O)(=O)[O-])c[c-]cc4c3)nc(Nc3ccc4c(S(=O)(=O)[O-])cc(S(=O)(=O)[O-])cc4c3)n2)c1.[Li+].[Li+].[Li+].[Li+].[Li+]. The molecule has 24 heteroatoms. The van der Waals surface area contributed by atoms with Crippen molar-refractivity contribution in [3.63, 3.8) is 0 Å². The summed E-state index contributed by atoms with van der Waals surface area (Å²) in [5.41, 5.74) is 0.931. The van der Waals surface area contributed by atoms with E-state index in [2.05, 4.69) is 31.7 Å². The van der Waals surface area contributed by atoms with Crippen molar-refractivity contribution < 1.29 is 143 Å². The zero-order valence-corrected chi connectivity index (χ0v) is 32.3. The molecule has 2 N–H and O–H groups in total. The molecule has 55 heavy (non-hydrogen) atoms. The Balaban J connectivity index is 0.00000302. The summed E-state index contributed by atoms with van der Waals surface area (Å²) in [5.74, 6) is -1.43. The third-order valence-corrected chi connectivity index (χ3v) is 9.77. The second-order valence-corrected chi connectivity index (χ2v) is 14.7. The number of hydrogen-bond acceptors (Lipinski definition) is 16. The largest absolute Gasteiger partial charge is 1.00 e. The fraction of sp³-hybridized carbons (Fsp3) is 0.0323. The van der Waals surface area contributed by atoms with Crippen LogP contribution in [0, 0.1) is 6.07 Å². The van der Waals surface area contributed by atoms with E-state index in [0.717, 1.165) is 12.1 Å². The van der Waals surface area contributed by atoms with Crippen LogP contribution in [0.5, 0.6) is 0 Å². The molecule has 0 unspecified atom stereocenters. The molecule has 6 rings (SSSR count). The van der Waals surface area contributed by atoms with E-state index in [-0.39, 0.29) is 146 Å². The van der Waals surface area contributed by atoms with Crippen molar-refractivity contribution in [2.24, 2.45) is 0 Å². The van der Waals surface area contributed by atoms with Crippen LogP contribution in [-0.4, -0.2) is 59.8 Å². The van der Waals surface area contributed by atoms with Crippen molar-refractivity contribution >= 4 is 81.1 Å². The Morgan fingerprint density at radius 1 is 0.618 bits per heavy atom. The number of aromatic nitrogens is 3. The summed E-state index contributed by atoms with van der Waals surface area (Å²) < 4.78 is 106. The molecule has 256 valence electrons. The van der Waals surface area contributed by atoms with E-state index in [1.165, 1.54) is 60.7 Å². The van der Waals surface area contributed by atoms with Crippen LogP contribution in [0.3, 0.4) is 0 Å². The number of carboxylic acids is 1. The quantitative estimate of drug-likeness (QED) is 0.0744. The number of nitrogens with one attached hydrogen (secondary N) is 2. The van der Waals surface area contributed by atoms with Crippen molar-refractivity contribution in [2.75, 3.05) is 10.6 Å². The van der Waals surface area contributed by atoms with Crippen molar-refractivity contribution in [3.05, 3.63) is 108 Å². The van der Waals surface area contributed by atoms with Gasteiger partial charge in [-0.2, -0.15) is 33.2 Å². The van der Waals surface area contributed by atoms with Gasteiger partial charge in [0, 0.05) is 17.8 Å². The number of aromatic carboxylic acids is 1. The van der Waals surface area contributed by atoms with E-state index >= 15 is 0 Å². The molecule has 0 aliphatic carbocycles. The number of carboxylic acid groups (broad SMARTS) is 1. The number of carbonyl (C=O) groups is 1. The average molecular weight is 767 g/mol. The van der Waals surface area contributed by atoms with Gasteiger partial charge in [-0.3, -0.25) is 8.42 Å². The Hall–Kier alpha value is -2.58. The van der Waals surface area contributed by atoms with E-state index in [0.29, 0.717) is 22.7 Å². The van der Waals surface area contributed by atoms with Gasteiger partial charge in [-0.15, -0.1) is 10.8 Å². The fourth-order valence-electron chi connectivity index (χ4n) is 5.07. The van der Waals surface area contributed by atoms with Gasteiger partial charge in [-0.05, 0) is 63.2 Å². The molecule has 0 spiro atoms. The summed E-state index contributed by atoms with van der Waals surface area (Å²) in [7, 11) is -15.1. The summed E-state index contributed by atoms with van der Waals surface area (Å²) >= 11 is 0. The van der Waals surface area contributed by atoms with Crippen LogP contribution >= 0.6 is 0 Å². The molecule has 6 aromatic rings. The van der Waals surface area contributed by atoms with Crippen LogP contribution < -0.4 is 110 Å². The maximum atomic E-state index is 11.9. The number of rotatable bonds is 10. The molecule has 0 atom stereocenters. The Kier molecular flexibility index (Phi) is 18.1. The molecule has 16 nitrogen and oxygen atoms in total. The van der Waals surface area contributed by atoms with Gasteiger partial charge in [0.05, 0.1) is 25.9 Å². The minimum atomic E-state index is -5.19. The van der Waals surface area contributed by atoms with Crippen LogP contribution in [0.1, 0.15) is 21.7 Å². The summed E-state index contributed by atoms with van der Waals surface area (Å²) in [4.78, 5) is 22.3. The Morgan fingerprint density at radius 3 is 1.69 bits per heavy atom. The zero-order valence-electron chi connectivity index (χ0n) is 29.8. The number of hydrogen-bond donors (Lipinski definition) is 2. The minimum absolute atomic E-state index is 0. The number of carbonyl (C=O) groups excluding carboxylic acids is 1. The van der Waals surface area contributed by atoms with E-state index in [1.807, 2.05) is 0 Å². The third kappa shape index (κ3) is 12.2. The molecule has 0 saturated carbocycles. The van der Waals surface area contributed by atoms with Crippen LogP contribution in [0.25, 0.3) is 21.5 Å². The van der Waals surface area contributed by atoms with Gasteiger partial charge in [0.15, 0.2) is 0 Å². The molecule has 1 heterocycles. The van der Waals surface area contributed by atoms with Crippen LogP contribution in [0.2, 0.25) is 0 Å². The second kappa shape index (κ2) is 19.7. The van der Waals surface area contributed by atoms with Gasteiger partial charge in [0.25, 0.3) is 0 Å². The zero-order chi connectivity index (χ0) is 36.0. The first-order valence-electron chi connectivity index (χ1n) is 13.9. The molecule has 0 fully saturated rings. The van der Waals surface area contributed by atoms with Gasteiger partial charge < -0.3 is 34.2 Å². The standard InChI is InChI=1S/C31H22N5O11S3.5Li/c37-29(38)19-5-1-3-17(11-19)12-28-34-30(32-21-7-9-24-18(13-21)4-2-6-26(24)49(42,43)44)36-31(35-28)33-22-8-10-25-20(14-22)15-23(48(39,40)41)16-27(25)50(45,46)47;;;;;/h1,3-11,13-16H,12H2,(H,37,38)(H,39,40,41)(H,42,43,44)(H,45,46,47)(H2,32,33,34,35,36);;;;;/q-1;5*+1/p-4. The fourth-order valence-corrected chi connectivity index (χ4v) is 7.08. The Morgan fingerprint density at radius 2 is 1.16 bits per heavy atom.